The van der Waals surface area contributed by atoms with E-state index >= 15 is 0 Å². The van der Waals surface area contributed by atoms with Crippen molar-refractivity contribution in [2.24, 2.45) is 7.05 Å². The van der Waals surface area contributed by atoms with E-state index in [-0.39, 0.29) is 11.9 Å². The second kappa shape index (κ2) is 8.01. The molecule has 0 radical (unpaired) electrons. The Bertz CT molecular complexity index is 1100. The Labute approximate surface area is 166 Å². The zero-order chi connectivity index (χ0) is 20.2. The molecule has 0 aliphatic carbocycles. The van der Waals surface area contributed by atoms with Crippen molar-refractivity contribution in [1.29, 1.82) is 0 Å². The summed E-state index contributed by atoms with van der Waals surface area (Å²) in [5, 5.41) is 10.6. The van der Waals surface area contributed by atoms with Gasteiger partial charge < -0.3 is 10.6 Å². The highest BCUT2D eigenvalue weighted by molar-refractivity contribution is 5.65. The Morgan fingerprint density at radius 3 is 2.55 bits per heavy atom. The zero-order valence-electron chi connectivity index (χ0n) is 15.9. The normalized spacial score (nSPS) is 11.8. The first-order valence-electron chi connectivity index (χ1n) is 9.00. The topological polar surface area (TPSA) is 93.4 Å². The summed E-state index contributed by atoms with van der Waals surface area (Å²) >= 11 is 0. The number of aromatic nitrogens is 6. The van der Waals surface area contributed by atoms with Crippen LogP contribution in [0.1, 0.15) is 18.5 Å². The highest BCUT2D eigenvalue weighted by atomic mass is 19.1. The van der Waals surface area contributed by atoms with Crippen LogP contribution in [0.5, 0.6) is 0 Å². The van der Waals surface area contributed by atoms with Crippen molar-refractivity contribution < 1.29 is 4.39 Å². The lowest BCUT2D eigenvalue weighted by Gasteiger charge is -2.16. The van der Waals surface area contributed by atoms with E-state index in [1.54, 1.807) is 41.6 Å². The number of hydrogen-bond acceptors (Lipinski definition) is 7. The molecule has 1 unspecified atom stereocenters. The van der Waals surface area contributed by atoms with Crippen LogP contribution in [0.4, 0.5) is 22.0 Å². The van der Waals surface area contributed by atoms with Gasteiger partial charge in [-0.2, -0.15) is 10.1 Å². The van der Waals surface area contributed by atoms with Gasteiger partial charge in [-0.3, -0.25) is 9.67 Å². The van der Waals surface area contributed by atoms with Crippen LogP contribution in [-0.4, -0.2) is 29.7 Å². The minimum atomic E-state index is -0.272. The lowest BCUT2D eigenvalue weighted by Crippen LogP contribution is -2.11. The molecule has 8 nitrogen and oxygen atoms in total. The molecule has 4 rings (SSSR count). The molecule has 3 aromatic heterocycles. The molecule has 146 valence electrons. The highest BCUT2D eigenvalue weighted by Crippen LogP contribution is 2.25. The van der Waals surface area contributed by atoms with E-state index in [4.69, 9.17) is 0 Å². The number of nitrogens with zero attached hydrogens (tertiary/aromatic N) is 6. The fourth-order valence-electron chi connectivity index (χ4n) is 2.80. The summed E-state index contributed by atoms with van der Waals surface area (Å²) in [7, 11) is 1.85. The van der Waals surface area contributed by atoms with Crippen LogP contribution in [0.25, 0.3) is 11.3 Å². The summed E-state index contributed by atoms with van der Waals surface area (Å²) in [6.07, 6.45) is 8.42. The Balaban J connectivity index is 1.66. The molecule has 2 N–H and O–H groups in total. The van der Waals surface area contributed by atoms with Crippen LogP contribution in [0.3, 0.4) is 0 Å². The number of benzene rings is 1. The van der Waals surface area contributed by atoms with Crippen molar-refractivity contribution in [2.45, 2.75) is 13.0 Å². The molecule has 0 aliphatic heterocycles. The summed E-state index contributed by atoms with van der Waals surface area (Å²) in [4.78, 5) is 17.4. The van der Waals surface area contributed by atoms with Crippen molar-refractivity contribution in [3.63, 3.8) is 0 Å². The number of hydrogen-bond donors (Lipinski definition) is 2. The van der Waals surface area contributed by atoms with E-state index in [1.165, 1.54) is 12.1 Å². The predicted molar refractivity (Wildman–Crippen MR) is 108 cm³/mol. The number of halogens is 1. The Morgan fingerprint density at radius 2 is 1.86 bits per heavy atom. The molecule has 0 amide bonds. The lowest BCUT2D eigenvalue weighted by atomic mass is 10.1. The molecule has 0 spiro atoms. The van der Waals surface area contributed by atoms with Crippen LogP contribution in [0.2, 0.25) is 0 Å². The van der Waals surface area contributed by atoms with Gasteiger partial charge in [0, 0.05) is 37.3 Å². The van der Waals surface area contributed by atoms with Crippen molar-refractivity contribution in [1.82, 2.24) is 29.7 Å². The van der Waals surface area contributed by atoms with Gasteiger partial charge in [0.05, 0.1) is 24.1 Å². The van der Waals surface area contributed by atoms with Crippen LogP contribution < -0.4 is 10.6 Å². The van der Waals surface area contributed by atoms with Crippen LogP contribution in [0, 0.1) is 5.82 Å². The second-order valence-electron chi connectivity index (χ2n) is 6.50. The van der Waals surface area contributed by atoms with Crippen molar-refractivity contribution >= 4 is 17.6 Å². The van der Waals surface area contributed by atoms with Gasteiger partial charge in [-0.25, -0.2) is 14.4 Å². The highest BCUT2D eigenvalue weighted by Gasteiger charge is 2.12. The van der Waals surface area contributed by atoms with Crippen molar-refractivity contribution in [3.05, 3.63) is 72.7 Å². The van der Waals surface area contributed by atoms with Crippen LogP contribution in [0.15, 0.2) is 61.3 Å². The molecule has 0 fully saturated rings. The van der Waals surface area contributed by atoms with Crippen molar-refractivity contribution in [3.8, 4) is 11.3 Å². The van der Waals surface area contributed by atoms with E-state index in [2.05, 4.69) is 35.7 Å². The fourth-order valence-corrected chi connectivity index (χ4v) is 2.80. The lowest BCUT2D eigenvalue weighted by molar-refractivity contribution is 0.626. The molecule has 0 saturated heterocycles. The molecule has 0 bridgehead atoms. The first-order chi connectivity index (χ1) is 14.1. The zero-order valence-corrected chi connectivity index (χ0v) is 15.9. The van der Waals surface area contributed by atoms with E-state index in [1.807, 2.05) is 26.2 Å². The quantitative estimate of drug-likeness (QED) is 0.518. The van der Waals surface area contributed by atoms with Gasteiger partial charge in [0.1, 0.15) is 17.5 Å². The summed E-state index contributed by atoms with van der Waals surface area (Å²) in [6, 6.07) is 8.03. The Hall–Kier alpha value is -3.88. The van der Waals surface area contributed by atoms with Crippen LogP contribution >= 0.6 is 0 Å². The molecular weight excluding hydrogens is 371 g/mol. The van der Waals surface area contributed by atoms with Gasteiger partial charge >= 0.3 is 0 Å². The third kappa shape index (κ3) is 4.52. The maximum Gasteiger partial charge on any atom is 0.225 e. The van der Waals surface area contributed by atoms with E-state index in [0.29, 0.717) is 23.3 Å². The molecule has 0 aliphatic rings. The number of nitrogens with one attached hydrogen (secondary N) is 2. The number of aryl methyl sites for hydroxylation is 1. The smallest absolute Gasteiger partial charge is 0.225 e. The molecule has 4 aromatic rings. The average Bonchev–Trinajstić information content (AvgIpc) is 3.15. The van der Waals surface area contributed by atoms with Gasteiger partial charge in [0.25, 0.3) is 0 Å². The molecular formula is C20H19FN8. The van der Waals surface area contributed by atoms with Crippen LogP contribution in [-0.2, 0) is 7.05 Å². The van der Waals surface area contributed by atoms with E-state index in [0.717, 1.165) is 11.1 Å². The molecule has 0 saturated carbocycles. The van der Waals surface area contributed by atoms with Gasteiger partial charge in [-0.1, -0.05) is 12.1 Å². The Morgan fingerprint density at radius 1 is 1.03 bits per heavy atom. The van der Waals surface area contributed by atoms with E-state index < -0.39 is 0 Å². The standard InChI is InChI=1S/C20H19FN8/c1-13(14-3-5-16(21)6-4-14)25-20-26-17(15-10-24-29(2)12-15)9-18(28-20)27-19-11-22-7-8-23-19/h3-13H,1-2H3,(H2,23,25,26,27,28). The first-order valence-corrected chi connectivity index (χ1v) is 9.00. The molecule has 29 heavy (non-hydrogen) atoms. The molecule has 1 aromatic carbocycles. The largest absolute Gasteiger partial charge is 0.348 e. The predicted octanol–water partition coefficient (Wildman–Crippen LogP) is 3.72. The first kappa shape index (κ1) is 18.5. The summed E-state index contributed by atoms with van der Waals surface area (Å²) in [5.41, 5.74) is 2.48. The monoisotopic (exact) mass is 390 g/mol. The summed E-state index contributed by atoms with van der Waals surface area (Å²) in [6.45, 7) is 1.96. The average molecular weight is 390 g/mol. The van der Waals surface area contributed by atoms with Gasteiger partial charge in [-0.15, -0.1) is 0 Å². The maximum atomic E-state index is 13.2. The number of rotatable bonds is 6. The van der Waals surface area contributed by atoms with Gasteiger partial charge in [0.15, 0.2) is 0 Å². The minimum Gasteiger partial charge on any atom is -0.348 e. The molecule has 9 heteroatoms. The van der Waals surface area contributed by atoms with E-state index in [9.17, 15) is 4.39 Å². The third-order valence-electron chi connectivity index (χ3n) is 4.26. The fraction of sp³-hybridized carbons (Fsp3) is 0.150. The van der Waals surface area contributed by atoms with Gasteiger partial charge in [-0.05, 0) is 24.6 Å². The summed E-state index contributed by atoms with van der Waals surface area (Å²) < 4.78 is 14.9. The summed E-state index contributed by atoms with van der Waals surface area (Å²) in [5.74, 6) is 1.29. The molecule has 3 heterocycles. The van der Waals surface area contributed by atoms with Crippen molar-refractivity contribution in [2.75, 3.05) is 10.6 Å². The SMILES string of the molecule is CC(Nc1nc(Nc2cnccn2)cc(-c2cnn(C)c2)n1)c1ccc(F)cc1. The Kier molecular flexibility index (Phi) is 5.10. The second-order valence-corrected chi connectivity index (χ2v) is 6.50. The minimum absolute atomic E-state index is 0.121. The third-order valence-corrected chi connectivity index (χ3v) is 4.26. The number of anilines is 3. The molecule has 1 atom stereocenters. The van der Waals surface area contributed by atoms with Gasteiger partial charge in [0.2, 0.25) is 5.95 Å². The maximum absolute atomic E-state index is 13.2.